The van der Waals surface area contributed by atoms with Gasteiger partial charge in [-0.3, -0.25) is 4.79 Å². The topological polar surface area (TPSA) is 85.3 Å². The molecule has 1 amide bonds. The molecule has 1 N–H and O–H groups in total. The van der Waals surface area contributed by atoms with Crippen LogP contribution in [0.15, 0.2) is 53.1 Å². The molecule has 0 fully saturated rings. The second kappa shape index (κ2) is 6.64. The molecule has 0 atom stereocenters. The van der Waals surface area contributed by atoms with E-state index >= 15 is 0 Å². The number of hydrogen-bond acceptors (Lipinski definition) is 5. The highest BCUT2D eigenvalue weighted by atomic mass is 35.5. The molecule has 0 aliphatic rings. The van der Waals surface area contributed by atoms with Crippen molar-refractivity contribution >= 4 is 29.0 Å². The van der Waals surface area contributed by atoms with E-state index in [9.17, 15) is 18.0 Å². The molecule has 0 saturated heterocycles. The van der Waals surface area contributed by atoms with Crippen LogP contribution in [0, 0.1) is 0 Å². The van der Waals surface area contributed by atoms with Gasteiger partial charge < -0.3 is 9.73 Å². The number of amides is 1. The highest BCUT2D eigenvalue weighted by Crippen LogP contribution is 2.32. The van der Waals surface area contributed by atoms with Crippen LogP contribution in [-0.4, -0.2) is 25.5 Å². The van der Waals surface area contributed by atoms with Crippen molar-refractivity contribution < 1.29 is 22.4 Å². The molecule has 142 valence electrons. The van der Waals surface area contributed by atoms with E-state index in [4.69, 9.17) is 16.0 Å². The standard InChI is InChI=1S/C17H9ClF3N5O2/c18-9-3-5-10(6-4-9)22-15(27)14-24-16-23-11(12-2-1-7-28-12)8-13(17(19,20)21)26(16)25-14/h1-8H,(H,22,27). The minimum atomic E-state index is -4.75. The van der Waals surface area contributed by atoms with Crippen LogP contribution in [0.1, 0.15) is 16.3 Å². The van der Waals surface area contributed by atoms with Crippen molar-refractivity contribution in [2.75, 3.05) is 5.32 Å². The Hall–Kier alpha value is -3.40. The Morgan fingerprint density at radius 3 is 2.54 bits per heavy atom. The summed E-state index contributed by atoms with van der Waals surface area (Å²) in [5, 5.41) is 6.62. The predicted molar refractivity (Wildman–Crippen MR) is 92.9 cm³/mol. The maximum atomic E-state index is 13.5. The Bertz CT molecular complexity index is 1150. The van der Waals surface area contributed by atoms with Gasteiger partial charge >= 0.3 is 6.18 Å². The molecule has 11 heteroatoms. The molecule has 0 saturated carbocycles. The molecule has 0 unspecified atom stereocenters. The van der Waals surface area contributed by atoms with E-state index in [1.807, 2.05) is 0 Å². The number of benzene rings is 1. The number of rotatable bonds is 3. The molecule has 0 aliphatic carbocycles. The molecular formula is C17H9ClF3N5O2. The van der Waals surface area contributed by atoms with Crippen LogP contribution in [0.4, 0.5) is 18.9 Å². The van der Waals surface area contributed by atoms with Crippen molar-refractivity contribution in [1.82, 2.24) is 19.6 Å². The van der Waals surface area contributed by atoms with Crippen molar-refractivity contribution in [3.05, 3.63) is 65.3 Å². The van der Waals surface area contributed by atoms with Gasteiger partial charge in [0.05, 0.1) is 6.26 Å². The maximum Gasteiger partial charge on any atom is 0.433 e. The van der Waals surface area contributed by atoms with Gasteiger partial charge in [0.2, 0.25) is 5.82 Å². The minimum Gasteiger partial charge on any atom is -0.463 e. The fourth-order valence-corrected chi connectivity index (χ4v) is 2.56. The van der Waals surface area contributed by atoms with Crippen LogP contribution in [0.5, 0.6) is 0 Å². The number of carbonyl (C=O) groups excluding carboxylic acids is 1. The van der Waals surface area contributed by atoms with E-state index in [1.165, 1.54) is 30.5 Å². The maximum absolute atomic E-state index is 13.5. The Morgan fingerprint density at radius 1 is 1.14 bits per heavy atom. The quantitative estimate of drug-likeness (QED) is 0.547. The highest BCUT2D eigenvalue weighted by Gasteiger charge is 2.36. The van der Waals surface area contributed by atoms with E-state index in [2.05, 4.69) is 20.4 Å². The molecule has 0 aliphatic heterocycles. The molecule has 4 aromatic rings. The van der Waals surface area contributed by atoms with Crippen molar-refractivity contribution in [2.45, 2.75) is 6.18 Å². The number of fused-ring (bicyclic) bond motifs is 1. The fraction of sp³-hybridized carbons (Fsp3) is 0.0588. The van der Waals surface area contributed by atoms with E-state index in [0.717, 1.165) is 6.07 Å². The van der Waals surface area contributed by atoms with Gasteiger partial charge in [0, 0.05) is 10.7 Å². The van der Waals surface area contributed by atoms with Gasteiger partial charge in [0.15, 0.2) is 11.5 Å². The number of hydrogen-bond donors (Lipinski definition) is 1. The highest BCUT2D eigenvalue weighted by molar-refractivity contribution is 6.30. The third kappa shape index (κ3) is 3.41. The van der Waals surface area contributed by atoms with Crippen LogP contribution in [0.3, 0.4) is 0 Å². The largest absolute Gasteiger partial charge is 0.463 e. The van der Waals surface area contributed by atoms with E-state index in [0.29, 0.717) is 15.2 Å². The Labute approximate surface area is 159 Å². The molecular weight excluding hydrogens is 399 g/mol. The van der Waals surface area contributed by atoms with Crippen molar-refractivity contribution in [1.29, 1.82) is 0 Å². The van der Waals surface area contributed by atoms with Gasteiger partial charge in [-0.15, -0.1) is 5.10 Å². The Kier molecular flexibility index (Phi) is 4.27. The third-order valence-electron chi connectivity index (χ3n) is 3.68. The smallest absolute Gasteiger partial charge is 0.433 e. The molecule has 3 heterocycles. The second-order valence-corrected chi connectivity index (χ2v) is 6.05. The molecule has 1 aromatic carbocycles. The molecule has 28 heavy (non-hydrogen) atoms. The zero-order valence-electron chi connectivity index (χ0n) is 13.7. The van der Waals surface area contributed by atoms with E-state index < -0.39 is 23.6 Å². The molecule has 0 spiro atoms. The zero-order valence-corrected chi connectivity index (χ0v) is 14.5. The Morgan fingerprint density at radius 2 is 1.89 bits per heavy atom. The predicted octanol–water partition coefficient (Wildman–Crippen LogP) is 4.31. The lowest BCUT2D eigenvalue weighted by Gasteiger charge is -2.09. The SMILES string of the molecule is O=C(Nc1ccc(Cl)cc1)c1nc2nc(-c3ccco3)cc(C(F)(F)F)n2n1. The lowest BCUT2D eigenvalue weighted by atomic mass is 10.2. The third-order valence-corrected chi connectivity index (χ3v) is 3.93. The van der Waals surface area contributed by atoms with Gasteiger partial charge in [-0.25, -0.2) is 4.98 Å². The Balaban J connectivity index is 1.77. The number of anilines is 1. The molecule has 7 nitrogen and oxygen atoms in total. The monoisotopic (exact) mass is 407 g/mol. The number of nitrogens with one attached hydrogen (secondary N) is 1. The summed E-state index contributed by atoms with van der Waals surface area (Å²) in [6.45, 7) is 0. The average molecular weight is 408 g/mol. The number of furan rings is 1. The summed E-state index contributed by atoms with van der Waals surface area (Å²) in [6.07, 6.45) is -3.44. The van der Waals surface area contributed by atoms with Gasteiger partial charge in [-0.05, 0) is 42.5 Å². The van der Waals surface area contributed by atoms with Crippen LogP contribution >= 0.6 is 11.6 Å². The number of carbonyl (C=O) groups is 1. The number of halogens is 4. The van der Waals surface area contributed by atoms with Crippen molar-refractivity contribution in [2.24, 2.45) is 0 Å². The summed E-state index contributed by atoms with van der Waals surface area (Å²) in [7, 11) is 0. The van der Waals surface area contributed by atoms with Crippen LogP contribution in [0.2, 0.25) is 5.02 Å². The summed E-state index contributed by atoms with van der Waals surface area (Å²) >= 11 is 5.77. The lowest BCUT2D eigenvalue weighted by Crippen LogP contribution is -2.16. The van der Waals surface area contributed by atoms with Crippen LogP contribution < -0.4 is 5.32 Å². The van der Waals surface area contributed by atoms with Gasteiger partial charge in [0.25, 0.3) is 11.7 Å². The first-order chi connectivity index (χ1) is 13.3. The lowest BCUT2D eigenvalue weighted by molar-refractivity contribution is -0.142. The van der Waals surface area contributed by atoms with Gasteiger partial charge in [-0.2, -0.15) is 22.7 Å². The van der Waals surface area contributed by atoms with Crippen molar-refractivity contribution in [3.63, 3.8) is 0 Å². The molecule has 3 aromatic heterocycles. The van der Waals surface area contributed by atoms with Crippen LogP contribution in [0.25, 0.3) is 17.2 Å². The second-order valence-electron chi connectivity index (χ2n) is 5.61. The number of aromatic nitrogens is 4. The molecule has 4 rings (SSSR count). The van der Waals surface area contributed by atoms with E-state index in [-0.39, 0.29) is 17.2 Å². The average Bonchev–Trinajstić information content (AvgIpc) is 3.31. The first kappa shape index (κ1) is 18.0. The normalized spacial score (nSPS) is 11.7. The molecule has 0 radical (unpaired) electrons. The van der Waals surface area contributed by atoms with Crippen LogP contribution in [-0.2, 0) is 6.18 Å². The number of alkyl halides is 3. The summed E-state index contributed by atoms with van der Waals surface area (Å²) in [5.41, 5.74) is -0.836. The summed E-state index contributed by atoms with van der Waals surface area (Å²) < 4.78 is 46.0. The summed E-state index contributed by atoms with van der Waals surface area (Å²) in [4.78, 5) is 20.2. The number of nitrogens with zero attached hydrogens (tertiary/aromatic N) is 4. The van der Waals surface area contributed by atoms with Gasteiger partial charge in [0.1, 0.15) is 5.69 Å². The van der Waals surface area contributed by atoms with Crippen molar-refractivity contribution in [3.8, 4) is 11.5 Å². The zero-order chi connectivity index (χ0) is 19.9. The first-order valence-corrected chi connectivity index (χ1v) is 8.15. The summed E-state index contributed by atoms with van der Waals surface area (Å²) in [5.74, 6) is -1.52. The minimum absolute atomic E-state index is 0.0816. The van der Waals surface area contributed by atoms with E-state index in [1.54, 1.807) is 12.1 Å². The molecule has 0 bridgehead atoms. The summed E-state index contributed by atoms with van der Waals surface area (Å²) in [6, 6.07) is 9.92. The first-order valence-electron chi connectivity index (χ1n) is 7.77. The fourth-order valence-electron chi connectivity index (χ4n) is 2.44. The van der Waals surface area contributed by atoms with Gasteiger partial charge in [-0.1, -0.05) is 11.6 Å².